The smallest absolute Gasteiger partial charge is 0.329 e. The number of esters is 1. The lowest BCUT2D eigenvalue weighted by atomic mass is 10.1. The summed E-state index contributed by atoms with van der Waals surface area (Å²) in [7, 11) is 0. The van der Waals surface area contributed by atoms with Gasteiger partial charge in [-0.15, -0.1) is 0 Å². The summed E-state index contributed by atoms with van der Waals surface area (Å²) < 4.78 is 5.20. The molecule has 3 rings (SSSR count). The van der Waals surface area contributed by atoms with Gasteiger partial charge in [0.1, 0.15) is 12.6 Å². The van der Waals surface area contributed by atoms with Crippen LogP contribution in [0.4, 0.5) is 0 Å². The molecule has 0 bridgehead atoms. The molecule has 6 heteroatoms. The number of fused-ring (bicyclic) bond motifs is 1. The molecule has 0 aromatic heterocycles. The van der Waals surface area contributed by atoms with Crippen LogP contribution in [0.25, 0.3) is 0 Å². The molecule has 1 aliphatic rings. The van der Waals surface area contributed by atoms with E-state index in [0.29, 0.717) is 11.1 Å². The second-order valence-electron chi connectivity index (χ2n) is 5.58. The zero-order valence-electron chi connectivity index (χ0n) is 13.4. The monoisotopic (exact) mass is 334 g/mol. The summed E-state index contributed by atoms with van der Waals surface area (Å²) >= 11 is 0. The van der Waals surface area contributed by atoms with E-state index in [0.717, 1.165) is 4.90 Å². The first-order valence-corrected chi connectivity index (χ1v) is 7.66. The van der Waals surface area contributed by atoms with Gasteiger partial charge in [-0.25, -0.2) is 4.79 Å². The van der Waals surface area contributed by atoms with Gasteiger partial charge < -0.3 is 4.74 Å². The number of nitrogens with zero attached hydrogens (tertiary/aromatic N) is 2. The van der Waals surface area contributed by atoms with Gasteiger partial charge in [0.25, 0.3) is 11.8 Å². The molecule has 0 radical (unpaired) electrons. The van der Waals surface area contributed by atoms with E-state index in [1.165, 1.54) is 6.92 Å². The van der Waals surface area contributed by atoms with E-state index in [9.17, 15) is 14.4 Å². The topological polar surface area (TPSA) is 87.5 Å². The summed E-state index contributed by atoms with van der Waals surface area (Å²) in [5.74, 6) is -1.73. The molecule has 2 amide bonds. The number of hydrogen-bond donors (Lipinski definition) is 0. The summed E-state index contributed by atoms with van der Waals surface area (Å²) in [4.78, 5) is 38.0. The Morgan fingerprint density at radius 2 is 1.64 bits per heavy atom. The molecule has 124 valence electrons. The van der Waals surface area contributed by atoms with Crippen LogP contribution in [0.15, 0.2) is 48.5 Å². The van der Waals surface area contributed by atoms with Gasteiger partial charge in [0, 0.05) is 5.56 Å². The molecule has 6 nitrogen and oxygen atoms in total. The van der Waals surface area contributed by atoms with Crippen LogP contribution in [0, 0.1) is 11.3 Å². The number of benzene rings is 2. The van der Waals surface area contributed by atoms with E-state index < -0.39 is 23.8 Å². The Balaban J connectivity index is 1.73. The molecule has 0 saturated carbocycles. The van der Waals surface area contributed by atoms with Crippen molar-refractivity contribution in [3.8, 4) is 6.07 Å². The number of carbonyl (C=O) groups excluding carboxylic acids is 3. The van der Waals surface area contributed by atoms with E-state index in [-0.39, 0.29) is 17.7 Å². The predicted octanol–water partition coefficient (Wildman–Crippen LogP) is 2.29. The highest BCUT2D eigenvalue weighted by atomic mass is 16.5. The molecular formula is C19H14N2O4. The predicted molar refractivity (Wildman–Crippen MR) is 87.4 cm³/mol. The molecule has 1 heterocycles. The average molecular weight is 334 g/mol. The van der Waals surface area contributed by atoms with Crippen LogP contribution < -0.4 is 0 Å². The lowest BCUT2D eigenvalue weighted by Crippen LogP contribution is -2.43. The number of rotatable bonds is 4. The third-order valence-electron chi connectivity index (χ3n) is 4.06. The van der Waals surface area contributed by atoms with Crippen molar-refractivity contribution in [3.05, 3.63) is 70.8 Å². The summed E-state index contributed by atoms with van der Waals surface area (Å²) in [6, 6.07) is 14.1. The summed E-state index contributed by atoms with van der Waals surface area (Å²) in [6.07, 6.45) is 0. The summed E-state index contributed by atoms with van der Waals surface area (Å²) in [6.45, 7) is 1.34. The van der Waals surface area contributed by atoms with E-state index in [1.807, 2.05) is 6.07 Å². The highest BCUT2D eigenvalue weighted by Crippen LogP contribution is 2.25. The third-order valence-corrected chi connectivity index (χ3v) is 4.06. The van der Waals surface area contributed by atoms with Crippen LogP contribution in [0.1, 0.15) is 38.8 Å². The van der Waals surface area contributed by atoms with Gasteiger partial charge in [0.15, 0.2) is 0 Å². The Bertz CT molecular complexity index is 879. The van der Waals surface area contributed by atoms with Crippen molar-refractivity contribution in [2.75, 3.05) is 0 Å². The minimum absolute atomic E-state index is 0.101. The molecular weight excluding hydrogens is 320 g/mol. The standard InChI is InChI=1S/C19H14N2O4/c1-12(19(24)25-11-14-7-3-2-6-13(14)10-20)21-17(22)15-8-4-5-9-16(15)18(21)23/h2-9,12H,11H2,1H3/t12-/m0/s1. The zero-order chi connectivity index (χ0) is 18.0. The molecule has 0 unspecified atom stereocenters. The van der Waals surface area contributed by atoms with E-state index in [2.05, 4.69) is 0 Å². The van der Waals surface area contributed by atoms with Crippen molar-refractivity contribution < 1.29 is 19.1 Å². The fourth-order valence-corrected chi connectivity index (χ4v) is 2.69. The number of carbonyl (C=O) groups is 3. The maximum Gasteiger partial charge on any atom is 0.329 e. The maximum absolute atomic E-state index is 12.4. The second-order valence-corrected chi connectivity index (χ2v) is 5.58. The van der Waals surface area contributed by atoms with Crippen molar-refractivity contribution >= 4 is 17.8 Å². The highest BCUT2D eigenvalue weighted by molar-refractivity contribution is 6.22. The Hall–Kier alpha value is -3.46. The van der Waals surface area contributed by atoms with Crippen LogP contribution in [-0.2, 0) is 16.1 Å². The van der Waals surface area contributed by atoms with Crippen molar-refractivity contribution in [1.29, 1.82) is 5.26 Å². The number of imide groups is 1. The second kappa shape index (κ2) is 6.57. The Kier molecular flexibility index (Phi) is 4.31. The normalized spacial score (nSPS) is 14.0. The van der Waals surface area contributed by atoms with Gasteiger partial charge in [-0.3, -0.25) is 14.5 Å². The van der Waals surface area contributed by atoms with Crippen LogP contribution in [-0.4, -0.2) is 28.7 Å². The molecule has 2 aromatic rings. The number of ether oxygens (including phenoxy) is 1. The zero-order valence-corrected chi connectivity index (χ0v) is 13.4. The van der Waals surface area contributed by atoms with Crippen molar-refractivity contribution in [1.82, 2.24) is 4.90 Å². The van der Waals surface area contributed by atoms with Crippen molar-refractivity contribution in [2.24, 2.45) is 0 Å². The van der Waals surface area contributed by atoms with Gasteiger partial charge in [-0.05, 0) is 25.1 Å². The number of nitriles is 1. The van der Waals surface area contributed by atoms with Gasteiger partial charge in [0.05, 0.1) is 22.8 Å². The Morgan fingerprint density at radius 1 is 1.08 bits per heavy atom. The SMILES string of the molecule is C[C@@H](C(=O)OCc1ccccc1C#N)N1C(=O)c2ccccc2C1=O. The van der Waals surface area contributed by atoms with Crippen molar-refractivity contribution in [2.45, 2.75) is 19.6 Å². The quantitative estimate of drug-likeness (QED) is 0.632. The summed E-state index contributed by atoms with van der Waals surface area (Å²) in [5.41, 5.74) is 1.53. The minimum atomic E-state index is -1.05. The van der Waals surface area contributed by atoms with Gasteiger partial charge >= 0.3 is 5.97 Å². The molecule has 1 atom stereocenters. The number of amides is 2. The molecule has 25 heavy (non-hydrogen) atoms. The van der Waals surface area contributed by atoms with E-state index in [1.54, 1.807) is 48.5 Å². The van der Waals surface area contributed by atoms with Gasteiger partial charge in [0.2, 0.25) is 0 Å². The fourth-order valence-electron chi connectivity index (χ4n) is 2.69. The van der Waals surface area contributed by atoms with E-state index >= 15 is 0 Å². The molecule has 0 aliphatic carbocycles. The molecule has 0 fully saturated rings. The molecule has 2 aromatic carbocycles. The average Bonchev–Trinajstić information content (AvgIpc) is 2.90. The Labute approximate surface area is 144 Å². The fraction of sp³-hybridized carbons (Fsp3) is 0.158. The molecule has 0 saturated heterocycles. The lowest BCUT2D eigenvalue weighted by Gasteiger charge is -2.21. The van der Waals surface area contributed by atoms with Gasteiger partial charge in [-0.1, -0.05) is 30.3 Å². The van der Waals surface area contributed by atoms with Crippen LogP contribution in [0.3, 0.4) is 0 Å². The van der Waals surface area contributed by atoms with Gasteiger partial charge in [-0.2, -0.15) is 5.26 Å². The first kappa shape index (κ1) is 16.4. The molecule has 0 N–H and O–H groups in total. The summed E-state index contributed by atoms with van der Waals surface area (Å²) in [5, 5.41) is 9.05. The maximum atomic E-state index is 12.4. The van der Waals surface area contributed by atoms with Crippen LogP contribution >= 0.6 is 0 Å². The largest absolute Gasteiger partial charge is 0.459 e. The first-order chi connectivity index (χ1) is 12.0. The Morgan fingerprint density at radius 3 is 2.24 bits per heavy atom. The highest BCUT2D eigenvalue weighted by Gasteiger charge is 2.41. The first-order valence-electron chi connectivity index (χ1n) is 7.66. The molecule has 1 aliphatic heterocycles. The van der Waals surface area contributed by atoms with Crippen LogP contribution in [0.5, 0.6) is 0 Å². The lowest BCUT2D eigenvalue weighted by molar-refractivity contribution is -0.149. The van der Waals surface area contributed by atoms with Crippen molar-refractivity contribution in [3.63, 3.8) is 0 Å². The number of hydrogen-bond acceptors (Lipinski definition) is 5. The van der Waals surface area contributed by atoms with E-state index in [4.69, 9.17) is 10.00 Å². The third kappa shape index (κ3) is 2.88. The molecule has 0 spiro atoms. The van der Waals surface area contributed by atoms with Crippen LogP contribution in [0.2, 0.25) is 0 Å². The minimum Gasteiger partial charge on any atom is -0.459 e.